The highest BCUT2D eigenvalue weighted by atomic mass is 32.2. The molecule has 0 saturated heterocycles. The topological polar surface area (TPSA) is 34.9 Å². The fourth-order valence-corrected chi connectivity index (χ4v) is 2.14. The van der Waals surface area contributed by atoms with Crippen LogP contribution in [0.1, 0.15) is 35.8 Å². The number of thioether (sulfide) groups is 1. The Balaban J connectivity index is 2.07. The van der Waals surface area contributed by atoms with Gasteiger partial charge in [0.25, 0.3) is 0 Å². The van der Waals surface area contributed by atoms with Crippen molar-refractivity contribution in [1.82, 2.24) is 9.78 Å². The number of benzene rings is 1. The number of hydrogen-bond donors (Lipinski definition) is 0. The highest BCUT2D eigenvalue weighted by molar-refractivity contribution is 7.98. The second kappa shape index (κ2) is 6.57. The van der Waals surface area contributed by atoms with E-state index < -0.39 is 0 Å². The van der Waals surface area contributed by atoms with Crippen LogP contribution in [0.2, 0.25) is 0 Å². The quantitative estimate of drug-likeness (QED) is 0.472. The van der Waals surface area contributed by atoms with Gasteiger partial charge in [0, 0.05) is 17.1 Å². The zero-order chi connectivity index (χ0) is 14.5. The minimum absolute atomic E-state index is 0.0224. The van der Waals surface area contributed by atoms with Crippen molar-refractivity contribution in [2.45, 2.75) is 24.8 Å². The fourth-order valence-electron chi connectivity index (χ4n) is 1.73. The molecule has 0 saturated carbocycles. The lowest BCUT2D eigenvalue weighted by Crippen LogP contribution is -2.00. The largest absolute Gasteiger partial charge is 0.289 e. The zero-order valence-electron chi connectivity index (χ0n) is 11.9. The Morgan fingerprint density at radius 1 is 1.30 bits per heavy atom. The van der Waals surface area contributed by atoms with Gasteiger partial charge in [0.1, 0.15) is 0 Å². The molecule has 0 bridgehead atoms. The molecular weight excluding hydrogens is 268 g/mol. The first-order chi connectivity index (χ1) is 9.60. The molecule has 1 heterocycles. The average molecular weight is 286 g/mol. The van der Waals surface area contributed by atoms with E-state index in [4.69, 9.17) is 0 Å². The lowest BCUT2D eigenvalue weighted by molar-refractivity contribution is 0.104. The van der Waals surface area contributed by atoms with Gasteiger partial charge in [-0.1, -0.05) is 18.2 Å². The van der Waals surface area contributed by atoms with Crippen molar-refractivity contribution in [2.75, 3.05) is 6.26 Å². The standard InChI is InChI=1S/C16H18N2OS/c1-12(2)18-11-14(10-17-18)16(19)9-6-13-4-7-15(20-3)8-5-13/h4-12H,1-3H3/b9-6+. The number of hydrogen-bond acceptors (Lipinski definition) is 3. The van der Waals surface area contributed by atoms with Gasteiger partial charge in [-0.15, -0.1) is 11.8 Å². The maximum atomic E-state index is 12.0. The molecule has 0 aliphatic rings. The predicted molar refractivity (Wildman–Crippen MR) is 84.2 cm³/mol. The third-order valence-corrected chi connectivity index (χ3v) is 3.70. The summed E-state index contributed by atoms with van der Waals surface area (Å²) in [5.74, 6) is -0.0224. The van der Waals surface area contributed by atoms with Gasteiger partial charge in [-0.05, 0) is 43.9 Å². The molecule has 3 nitrogen and oxygen atoms in total. The van der Waals surface area contributed by atoms with E-state index in [1.165, 1.54) is 4.90 Å². The first kappa shape index (κ1) is 14.6. The second-order valence-electron chi connectivity index (χ2n) is 4.77. The van der Waals surface area contributed by atoms with Crippen LogP contribution in [0.4, 0.5) is 0 Å². The second-order valence-corrected chi connectivity index (χ2v) is 5.65. The maximum Gasteiger partial charge on any atom is 0.189 e. The van der Waals surface area contributed by atoms with Gasteiger partial charge in [-0.25, -0.2) is 0 Å². The normalized spacial score (nSPS) is 11.4. The third kappa shape index (κ3) is 3.61. The highest BCUT2D eigenvalue weighted by Gasteiger charge is 2.06. The van der Waals surface area contributed by atoms with Gasteiger partial charge >= 0.3 is 0 Å². The Hall–Kier alpha value is -1.81. The molecule has 0 unspecified atom stereocenters. The summed E-state index contributed by atoms with van der Waals surface area (Å²) in [6, 6.07) is 8.37. The summed E-state index contributed by atoms with van der Waals surface area (Å²) in [5.41, 5.74) is 1.64. The van der Waals surface area contributed by atoms with E-state index in [0.717, 1.165) is 5.56 Å². The van der Waals surface area contributed by atoms with Gasteiger partial charge in [0.15, 0.2) is 5.78 Å². The number of aromatic nitrogens is 2. The van der Waals surface area contributed by atoms with Crippen LogP contribution in [-0.4, -0.2) is 21.8 Å². The van der Waals surface area contributed by atoms with E-state index in [1.54, 1.807) is 34.9 Å². The molecule has 0 atom stereocenters. The van der Waals surface area contributed by atoms with Crippen molar-refractivity contribution < 1.29 is 4.79 Å². The lowest BCUT2D eigenvalue weighted by atomic mass is 10.1. The van der Waals surface area contributed by atoms with Crippen molar-refractivity contribution in [3.63, 3.8) is 0 Å². The van der Waals surface area contributed by atoms with E-state index in [9.17, 15) is 4.79 Å². The smallest absolute Gasteiger partial charge is 0.189 e. The Labute approximate surface area is 123 Å². The van der Waals surface area contributed by atoms with E-state index in [2.05, 4.69) is 5.10 Å². The monoisotopic (exact) mass is 286 g/mol. The van der Waals surface area contributed by atoms with Crippen LogP contribution in [0, 0.1) is 0 Å². The van der Waals surface area contributed by atoms with Crippen molar-refractivity contribution in [2.24, 2.45) is 0 Å². The van der Waals surface area contributed by atoms with Gasteiger partial charge in [-0.2, -0.15) is 5.10 Å². The average Bonchev–Trinajstić information content (AvgIpc) is 2.95. The number of rotatable bonds is 5. The molecule has 1 aromatic carbocycles. The van der Waals surface area contributed by atoms with Gasteiger partial charge in [0.2, 0.25) is 0 Å². The van der Waals surface area contributed by atoms with Gasteiger partial charge in [-0.3, -0.25) is 9.48 Å². The van der Waals surface area contributed by atoms with E-state index in [-0.39, 0.29) is 11.8 Å². The van der Waals surface area contributed by atoms with Crippen molar-refractivity contribution >= 4 is 23.6 Å². The molecule has 0 aliphatic carbocycles. The van der Waals surface area contributed by atoms with Crippen molar-refractivity contribution in [3.05, 3.63) is 53.9 Å². The molecule has 0 N–H and O–H groups in total. The summed E-state index contributed by atoms with van der Waals surface area (Å²) in [7, 11) is 0. The molecule has 20 heavy (non-hydrogen) atoms. The summed E-state index contributed by atoms with van der Waals surface area (Å²) in [5, 5.41) is 4.17. The SMILES string of the molecule is CSc1ccc(/C=C/C(=O)c2cnn(C(C)C)c2)cc1. The summed E-state index contributed by atoms with van der Waals surface area (Å²) in [6.45, 7) is 4.06. The van der Waals surface area contributed by atoms with Crippen LogP contribution in [0.15, 0.2) is 47.6 Å². The van der Waals surface area contributed by atoms with Gasteiger partial charge < -0.3 is 0 Å². The molecule has 0 radical (unpaired) electrons. The van der Waals surface area contributed by atoms with E-state index >= 15 is 0 Å². The highest BCUT2D eigenvalue weighted by Crippen LogP contribution is 2.15. The molecule has 2 rings (SSSR count). The molecular formula is C16H18N2OS. The molecule has 104 valence electrons. The molecule has 4 heteroatoms. The number of nitrogens with zero attached hydrogens (tertiary/aromatic N) is 2. The molecule has 0 fully saturated rings. The van der Waals surface area contributed by atoms with Crippen LogP contribution in [0.25, 0.3) is 6.08 Å². The van der Waals surface area contributed by atoms with E-state index in [0.29, 0.717) is 5.56 Å². The van der Waals surface area contributed by atoms with Crippen LogP contribution in [0.5, 0.6) is 0 Å². The van der Waals surface area contributed by atoms with Crippen LogP contribution in [0.3, 0.4) is 0 Å². The third-order valence-electron chi connectivity index (χ3n) is 2.96. The summed E-state index contributed by atoms with van der Waals surface area (Å²) >= 11 is 1.70. The van der Waals surface area contributed by atoms with Crippen molar-refractivity contribution in [3.8, 4) is 0 Å². The van der Waals surface area contributed by atoms with Crippen LogP contribution < -0.4 is 0 Å². The Morgan fingerprint density at radius 2 is 2.00 bits per heavy atom. The van der Waals surface area contributed by atoms with Crippen LogP contribution >= 0.6 is 11.8 Å². The van der Waals surface area contributed by atoms with Gasteiger partial charge in [0.05, 0.1) is 11.8 Å². The van der Waals surface area contributed by atoms with Crippen LogP contribution in [-0.2, 0) is 0 Å². The minimum atomic E-state index is -0.0224. The first-order valence-electron chi connectivity index (χ1n) is 6.51. The molecule has 2 aromatic rings. The fraction of sp³-hybridized carbons (Fsp3) is 0.250. The number of carbonyl (C=O) groups excluding carboxylic acids is 1. The molecule has 0 aliphatic heterocycles. The zero-order valence-corrected chi connectivity index (χ0v) is 12.7. The summed E-state index contributed by atoms with van der Waals surface area (Å²) in [4.78, 5) is 13.2. The minimum Gasteiger partial charge on any atom is -0.289 e. The molecule has 0 amide bonds. The van der Waals surface area contributed by atoms with E-state index in [1.807, 2.05) is 50.4 Å². The number of carbonyl (C=O) groups is 1. The molecule has 0 spiro atoms. The number of allylic oxidation sites excluding steroid dienone is 1. The maximum absolute atomic E-state index is 12.0. The summed E-state index contributed by atoms with van der Waals surface area (Å²) < 4.78 is 1.79. The Bertz CT molecular complexity index is 612. The Morgan fingerprint density at radius 3 is 2.55 bits per heavy atom. The Kier molecular flexibility index (Phi) is 4.79. The lowest BCUT2D eigenvalue weighted by Gasteiger charge is -2.02. The number of ketones is 1. The summed E-state index contributed by atoms with van der Waals surface area (Å²) in [6.07, 6.45) is 8.87. The first-order valence-corrected chi connectivity index (χ1v) is 7.73. The molecule has 1 aromatic heterocycles. The van der Waals surface area contributed by atoms with Crippen molar-refractivity contribution in [1.29, 1.82) is 0 Å². The predicted octanol–water partition coefficient (Wildman–Crippen LogP) is 4.08.